The molecule has 1 unspecified atom stereocenters. The van der Waals surface area contributed by atoms with E-state index in [9.17, 15) is 9.59 Å². The fourth-order valence-electron chi connectivity index (χ4n) is 3.78. The molecule has 2 aromatic rings. The first kappa shape index (κ1) is 20.8. The number of hydrogen-bond donors (Lipinski definition) is 1. The molecule has 1 aromatic heterocycles. The van der Waals surface area contributed by atoms with Gasteiger partial charge in [0.15, 0.2) is 0 Å². The monoisotopic (exact) mass is 394 g/mol. The van der Waals surface area contributed by atoms with Crippen molar-refractivity contribution in [3.05, 3.63) is 59.8 Å². The lowest BCUT2D eigenvalue weighted by Crippen LogP contribution is -2.47. The van der Waals surface area contributed by atoms with Gasteiger partial charge in [0.2, 0.25) is 5.91 Å². The third-order valence-electron chi connectivity index (χ3n) is 5.52. The molecule has 0 bridgehead atoms. The minimum Gasteiger partial charge on any atom is -0.363 e. The van der Waals surface area contributed by atoms with Gasteiger partial charge in [-0.1, -0.05) is 37.3 Å². The molecule has 1 aliphatic heterocycles. The molecular weight excluding hydrogens is 364 g/mol. The zero-order valence-corrected chi connectivity index (χ0v) is 17.5. The molecule has 2 heterocycles. The summed E-state index contributed by atoms with van der Waals surface area (Å²) >= 11 is 0. The van der Waals surface area contributed by atoms with E-state index >= 15 is 0 Å². The summed E-state index contributed by atoms with van der Waals surface area (Å²) in [6.07, 6.45) is 3.98. The number of likely N-dealkylation sites (tertiary alicyclic amines) is 1. The van der Waals surface area contributed by atoms with Crippen molar-refractivity contribution in [1.29, 1.82) is 0 Å². The largest absolute Gasteiger partial charge is 0.363 e. The number of rotatable bonds is 6. The van der Waals surface area contributed by atoms with Gasteiger partial charge in [-0.3, -0.25) is 9.59 Å². The molecular formula is C23H30N4O2. The molecule has 2 amide bonds. The third-order valence-corrected chi connectivity index (χ3v) is 5.52. The van der Waals surface area contributed by atoms with E-state index in [4.69, 9.17) is 0 Å². The summed E-state index contributed by atoms with van der Waals surface area (Å²) in [5, 5.41) is 3.11. The van der Waals surface area contributed by atoms with Crippen LogP contribution >= 0.6 is 0 Å². The van der Waals surface area contributed by atoms with Gasteiger partial charge in [0.25, 0.3) is 5.91 Å². The van der Waals surface area contributed by atoms with Gasteiger partial charge >= 0.3 is 0 Å². The Morgan fingerprint density at radius 1 is 1.17 bits per heavy atom. The van der Waals surface area contributed by atoms with Crippen LogP contribution in [0.15, 0.2) is 48.7 Å². The summed E-state index contributed by atoms with van der Waals surface area (Å²) in [6.45, 7) is 3.40. The highest BCUT2D eigenvalue weighted by atomic mass is 16.2. The zero-order chi connectivity index (χ0) is 20.8. The van der Waals surface area contributed by atoms with Gasteiger partial charge in [-0.15, -0.1) is 0 Å². The second kappa shape index (κ2) is 9.54. The first-order valence-electron chi connectivity index (χ1n) is 10.3. The van der Waals surface area contributed by atoms with Crippen LogP contribution in [0.25, 0.3) is 0 Å². The highest BCUT2D eigenvalue weighted by Gasteiger charge is 2.29. The van der Waals surface area contributed by atoms with Gasteiger partial charge < -0.3 is 15.1 Å². The van der Waals surface area contributed by atoms with E-state index in [0.29, 0.717) is 18.7 Å². The van der Waals surface area contributed by atoms with Crippen molar-refractivity contribution in [3.63, 3.8) is 0 Å². The zero-order valence-electron chi connectivity index (χ0n) is 17.5. The van der Waals surface area contributed by atoms with E-state index in [-0.39, 0.29) is 23.8 Å². The third kappa shape index (κ3) is 5.13. The summed E-state index contributed by atoms with van der Waals surface area (Å²) in [6, 6.07) is 13.6. The quantitative estimate of drug-likeness (QED) is 0.818. The number of aromatic nitrogens is 1. The van der Waals surface area contributed by atoms with Crippen molar-refractivity contribution in [2.45, 2.75) is 38.1 Å². The van der Waals surface area contributed by atoms with Crippen molar-refractivity contribution in [2.75, 3.05) is 32.1 Å². The van der Waals surface area contributed by atoms with Gasteiger partial charge in [-0.05, 0) is 37.0 Å². The number of nitrogens with one attached hydrogen (secondary N) is 1. The molecule has 1 fully saturated rings. The van der Waals surface area contributed by atoms with Crippen LogP contribution in [-0.2, 0) is 4.79 Å². The number of hydrogen-bond acceptors (Lipinski definition) is 4. The SMILES string of the molecule is CCC(C(=O)N1CCC(NC(=O)c2ccnc(N(C)C)c2)CC1)c1ccccc1. The maximum Gasteiger partial charge on any atom is 0.251 e. The van der Waals surface area contributed by atoms with E-state index in [2.05, 4.69) is 17.2 Å². The fourth-order valence-corrected chi connectivity index (χ4v) is 3.78. The predicted octanol–water partition coefficient (Wildman–Crippen LogP) is 3.06. The fraction of sp³-hybridized carbons (Fsp3) is 0.435. The Kier molecular flexibility index (Phi) is 6.86. The van der Waals surface area contributed by atoms with Crippen LogP contribution in [0.2, 0.25) is 0 Å². The number of amides is 2. The Morgan fingerprint density at radius 3 is 2.48 bits per heavy atom. The molecule has 6 heteroatoms. The van der Waals surface area contributed by atoms with Crippen molar-refractivity contribution in [2.24, 2.45) is 0 Å². The molecule has 3 rings (SSSR count). The van der Waals surface area contributed by atoms with E-state index in [1.165, 1.54) is 0 Å². The Labute approximate surface area is 172 Å². The van der Waals surface area contributed by atoms with Crippen LogP contribution in [-0.4, -0.2) is 54.9 Å². The standard InChI is InChI=1S/C23H30N4O2/c1-4-20(17-8-6-5-7-9-17)23(29)27-14-11-19(12-15-27)25-22(28)18-10-13-24-21(16-18)26(2)3/h5-10,13,16,19-20H,4,11-12,14-15H2,1-3H3,(H,25,28). The molecule has 1 aromatic carbocycles. The number of benzene rings is 1. The van der Waals surface area contributed by atoms with Crippen molar-refractivity contribution >= 4 is 17.6 Å². The summed E-state index contributed by atoms with van der Waals surface area (Å²) < 4.78 is 0. The normalized spacial score (nSPS) is 15.6. The predicted molar refractivity (Wildman–Crippen MR) is 115 cm³/mol. The molecule has 0 radical (unpaired) electrons. The molecule has 29 heavy (non-hydrogen) atoms. The summed E-state index contributed by atoms with van der Waals surface area (Å²) in [4.78, 5) is 33.7. The minimum absolute atomic E-state index is 0.0827. The summed E-state index contributed by atoms with van der Waals surface area (Å²) in [5.41, 5.74) is 1.68. The Morgan fingerprint density at radius 2 is 1.86 bits per heavy atom. The molecule has 0 saturated carbocycles. The Balaban J connectivity index is 1.55. The number of pyridine rings is 1. The highest BCUT2D eigenvalue weighted by molar-refractivity contribution is 5.95. The first-order valence-corrected chi connectivity index (χ1v) is 10.3. The van der Waals surface area contributed by atoms with E-state index in [0.717, 1.165) is 30.6 Å². The van der Waals surface area contributed by atoms with Gasteiger partial charge in [0.1, 0.15) is 5.82 Å². The lowest BCUT2D eigenvalue weighted by atomic mass is 9.93. The van der Waals surface area contributed by atoms with Crippen LogP contribution in [0.1, 0.15) is 48.0 Å². The first-order chi connectivity index (χ1) is 14.0. The molecule has 1 atom stereocenters. The van der Waals surface area contributed by atoms with Crippen LogP contribution in [0.3, 0.4) is 0 Å². The topological polar surface area (TPSA) is 65.5 Å². The van der Waals surface area contributed by atoms with Crippen molar-refractivity contribution < 1.29 is 9.59 Å². The second-order valence-corrected chi connectivity index (χ2v) is 7.74. The van der Waals surface area contributed by atoms with Crippen LogP contribution in [0.4, 0.5) is 5.82 Å². The maximum absolute atomic E-state index is 13.0. The van der Waals surface area contributed by atoms with Crippen LogP contribution in [0, 0.1) is 0 Å². The average molecular weight is 395 g/mol. The Bertz CT molecular complexity index is 830. The molecule has 0 spiro atoms. The highest BCUT2D eigenvalue weighted by Crippen LogP contribution is 2.24. The Hall–Kier alpha value is -2.89. The number of anilines is 1. The molecule has 1 saturated heterocycles. The van der Waals surface area contributed by atoms with Crippen LogP contribution < -0.4 is 10.2 Å². The molecule has 6 nitrogen and oxygen atoms in total. The lowest BCUT2D eigenvalue weighted by Gasteiger charge is -2.34. The average Bonchev–Trinajstić information content (AvgIpc) is 2.75. The summed E-state index contributed by atoms with van der Waals surface area (Å²) in [5.74, 6) is 0.762. The van der Waals surface area contributed by atoms with Crippen molar-refractivity contribution in [1.82, 2.24) is 15.2 Å². The van der Waals surface area contributed by atoms with Gasteiger partial charge in [0, 0.05) is 45.0 Å². The van der Waals surface area contributed by atoms with E-state index in [1.807, 2.05) is 54.2 Å². The summed E-state index contributed by atoms with van der Waals surface area (Å²) in [7, 11) is 3.80. The lowest BCUT2D eigenvalue weighted by molar-refractivity contribution is -0.134. The molecule has 154 valence electrons. The van der Waals surface area contributed by atoms with E-state index in [1.54, 1.807) is 18.3 Å². The number of carbonyl (C=O) groups is 2. The second-order valence-electron chi connectivity index (χ2n) is 7.74. The van der Waals surface area contributed by atoms with Crippen molar-refractivity contribution in [3.8, 4) is 0 Å². The number of nitrogens with zero attached hydrogens (tertiary/aromatic N) is 3. The van der Waals surface area contributed by atoms with Gasteiger partial charge in [0.05, 0.1) is 5.92 Å². The smallest absolute Gasteiger partial charge is 0.251 e. The number of carbonyl (C=O) groups excluding carboxylic acids is 2. The minimum atomic E-state index is -0.0939. The molecule has 1 N–H and O–H groups in total. The van der Waals surface area contributed by atoms with Crippen LogP contribution in [0.5, 0.6) is 0 Å². The molecule has 0 aliphatic carbocycles. The number of piperidine rings is 1. The van der Waals surface area contributed by atoms with E-state index < -0.39 is 0 Å². The van der Waals surface area contributed by atoms with Gasteiger partial charge in [-0.25, -0.2) is 4.98 Å². The molecule has 1 aliphatic rings. The maximum atomic E-state index is 13.0. The van der Waals surface area contributed by atoms with Gasteiger partial charge in [-0.2, -0.15) is 0 Å².